The Labute approximate surface area is 122 Å². The summed E-state index contributed by atoms with van der Waals surface area (Å²) in [6.45, 7) is 0. The Kier molecular flexibility index (Phi) is 4.45. The smallest absolute Gasteiger partial charge is 0.129 e. The molecule has 0 saturated carbocycles. The van der Waals surface area contributed by atoms with E-state index in [-0.39, 0.29) is 17.0 Å². The van der Waals surface area contributed by atoms with Crippen LogP contribution in [-0.2, 0) is 16.6 Å². The molecule has 2 aromatic rings. The quantitative estimate of drug-likeness (QED) is 0.869. The van der Waals surface area contributed by atoms with Gasteiger partial charge in [0, 0.05) is 11.3 Å². The third-order valence-electron chi connectivity index (χ3n) is 2.58. The van der Waals surface area contributed by atoms with Crippen LogP contribution in [0, 0.1) is 5.82 Å². The number of anilines is 1. The van der Waals surface area contributed by atoms with Crippen LogP contribution in [-0.4, -0.2) is 4.21 Å². The van der Waals surface area contributed by atoms with Gasteiger partial charge in [-0.05, 0) is 24.3 Å². The Hall–Kier alpha value is -1.10. The molecule has 1 atom stereocenters. The fourth-order valence-corrected chi connectivity index (χ4v) is 3.83. The second-order valence-corrected chi connectivity index (χ2v) is 6.05. The Balaban J connectivity index is 2.37. The van der Waals surface area contributed by atoms with E-state index in [1.54, 1.807) is 24.3 Å². The van der Waals surface area contributed by atoms with Gasteiger partial charge in [0.1, 0.15) is 5.82 Å². The van der Waals surface area contributed by atoms with Gasteiger partial charge in [-0.25, -0.2) is 4.39 Å². The summed E-state index contributed by atoms with van der Waals surface area (Å²) in [5.74, 6) is -0.557. The molecule has 0 saturated heterocycles. The van der Waals surface area contributed by atoms with Crippen LogP contribution in [0.15, 0.2) is 41.3 Å². The number of nitrogen functional groups attached to an aromatic ring is 1. The van der Waals surface area contributed by atoms with Gasteiger partial charge < -0.3 is 5.73 Å². The highest BCUT2D eigenvalue weighted by Gasteiger charge is 2.16. The van der Waals surface area contributed by atoms with Crippen LogP contribution in [0.2, 0.25) is 10.0 Å². The number of benzene rings is 2. The number of halogens is 3. The predicted octanol–water partition coefficient (Wildman–Crippen LogP) is 4.02. The Morgan fingerprint density at radius 1 is 1.11 bits per heavy atom. The van der Waals surface area contributed by atoms with Gasteiger partial charge in [-0.1, -0.05) is 35.3 Å². The molecule has 0 aliphatic carbocycles. The first-order chi connectivity index (χ1) is 9.00. The van der Waals surface area contributed by atoms with Crippen molar-refractivity contribution in [1.82, 2.24) is 0 Å². The zero-order chi connectivity index (χ0) is 14.0. The lowest BCUT2D eigenvalue weighted by Gasteiger charge is -2.09. The van der Waals surface area contributed by atoms with Crippen LogP contribution in [0.25, 0.3) is 0 Å². The standard InChI is InChI=1S/C13H10Cl2FNOS/c14-9-3-1-4-10(15)13(9)19(18)7-8-11(16)5-2-6-12(8)17/h1-6H,7,17H2. The van der Waals surface area contributed by atoms with E-state index < -0.39 is 16.6 Å². The second kappa shape index (κ2) is 5.90. The largest absolute Gasteiger partial charge is 0.398 e. The first-order valence-corrected chi connectivity index (χ1v) is 7.43. The van der Waals surface area contributed by atoms with E-state index in [9.17, 15) is 8.60 Å². The van der Waals surface area contributed by atoms with Crippen molar-refractivity contribution in [2.24, 2.45) is 0 Å². The lowest BCUT2D eigenvalue weighted by atomic mass is 10.2. The van der Waals surface area contributed by atoms with Crippen LogP contribution < -0.4 is 5.73 Å². The van der Waals surface area contributed by atoms with Gasteiger partial charge in [0.25, 0.3) is 0 Å². The van der Waals surface area contributed by atoms with Crippen LogP contribution >= 0.6 is 23.2 Å². The molecule has 0 aromatic heterocycles. The SMILES string of the molecule is Nc1cccc(F)c1CS(=O)c1c(Cl)cccc1Cl. The molecule has 0 aliphatic rings. The van der Waals surface area contributed by atoms with Crippen LogP contribution in [0.3, 0.4) is 0 Å². The van der Waals surface area contributed by atoms with Crippen molar-refractivity contribution < 1.29 is 8.60 Å². The summed E-state index contributed by atoms with van der Waals surface area (Å²) in [7, 11) is -1.56. The van der Waals surface area contributed by atoms with Crippen LogP contribution in [0.5, 0.6) is 0 Å². The first kappa shape index (κ1) is 14.3. The lowest BCUT2D eigenvalue weighted by molar-refractivity contribution is 0.616. The summed E-state index contributed by atoms with van der Waals surface area (Å²) in [5, 5.41) is 0.585. The molecule has 0 radical (unpaired) electrons. The fraction of sp³-hybridized carbons (Fsp3) is 0.0769. The molecule has 2 N–H and O–H groups in total. The van der Waals surface area contributed by atoms with E-state index in [0.717, 1.165) is 0 Å². The summed E-state index contributed by atoms with van der Waals surface area (Å²) in [4.78, 5) is 0.300. The highest BCUT2D eigenvalue weighted by molar-refractivity contribution is 7.84. The van der Waals surface area contributed by atoms with Gasteiger partial charge in [-0.3, -0.25) is 4.21 Å². The monoisotopic (exact) mass is 317 g/mol. The predicted molar refractivity (Wildman–Crippen MR) is 77.4 cm³/mol. The number of hydrogen-bond donors (Lipinski definition) is 1. The van der Waals surface area contributed by atoms with Crippen LogP contribution in [0.1, 0.15) is 5.56 Å². The van der Waals surface area contributed by atoms with E-state index >= 15 is 0 Å². The third-order valence-corrected chi connectivity index (χ3v) is 4.88. The number of hydrogen-bond acceptors (Lipinski definition) is 2. The van der Waals surface area contributed by atoms with Crippen molar-refractivity contribution >= 4 is 39.7 Å². The molecule has 6 heteroatoms. The van der Waals surface area contributed by atoms with Crippen LogP contribution in [0.4, 0.5) is 10.1 Å². The summed E-state index contributed by atoms with van der Waals surface area (Å²) in [6, 6.07) is 9.17. The van der Waals surface area contributed by atoms with Crippen molar-refractivity contribution in [3.05, 3.63) is 57.8 Å². The minimum absolute atomic E-state index is 0.0675. The van der Waals surface area contributed by atoms with E-state index in [1.165, 1.54) is 12.1 Å². The van der Waals surface area contributed by atoms with Gasteiger partial charge in [-0.2, -0.15) is 0 Å². The van der Waals surface area contributed by atoms with E-state index in [4.69, 9.17) is 28.9 Å². The molecule has 0 spiro atoms. The molecular weight excluding hydrogens is 308 g/mol. The summed E-state index contributed by atoms with van der Waals surface area (Å²) in [5.41, 5.74) is 6.15. The van der Waals surface area contributed by atoms with Crippen molar-refractivity contribution in [3.63, 3.8) is 0 Å². The fourth-order valence-electron chi connectivity index (χ4n) is 1.63. The van der Waals surface area contributed by atoms with Gasteiger partial charge in [-0.15, -0.1) is 0 Å². The highest BCUT2D eigenvalue weighted by Crippen LogP contribution is 2.30. The molecule has 2 rings (SSSR count). The van der Waals surface area contributed by atoms with Crippen molar-refractivity contribution in [3.8, 4) is 0 Å². The maximum absolute atomic E-state index is 13.6. The summed E-state index contributed by atoms with van der Waals surface area (Å²) >= 11 is 11.9. The minimum atomic E-state index is -1.56. The maximum Gasteiger partial charge on any atom is 0.129 e. The lowest BCUT2D eigenvalue weighted by Crippen LogP contribution is -2.04. The highest BCUT2D eigenvalue weighted by atomic mass is 35.5. The summed E-state index contributed by atoms with van der Waals surface area (Å²) in [6.07, 6.45) is 0. The maximum atomic E-state index is 13.6. The second-order valence-electron chi connectivity index (χ2n) is 3.85. The normalized spacial score (nSPS) is 12.4. The third kappa shape index (κ3) is 3.08. The van der Waals surface area contributed by atoms with E-state index in [2.05, 4.69) is 0 Å². The Morgan fingerprint density at radius 3 is 2.26 bits per heavy atom. The molecule has 2 aromatic carbocycles. The van der Waals surface area contributed by atoms with Gasteiger partial charge in [0.2, 0.25) is 0 Å². The molecule has 19 heavy (non-hydrogen) atoms. The van der Waals surface area contributed by atoms with Gasteiger partial charge >= 0.3 is 0 Å². The van der Waals surface area contributed by atoms with E-state index in [0.29, 0.717) is 14.9 Å². The molecule has 2 nitrogen and oxygen atoms in total. The molecular formula is C13H10Cl2FNOS. The summed E-state index contributed by atoms with van der Waals surface area (Å²) < 4.78 is 25.9. The van der Waals surface area contributed by atoms with Crippen molar-refractivity contribution in [1.29, 1.82) is 0 Å². The Bertz CT molecular complexity index is 608. The topological polar surface area (TPSA) is 43.1 Å². The molecule has 0 aliphatic heterocycles. The van der Waals surface area contributed by atoms with Gasteiger partial charge in [0.15, 0.2) is 0 Å². The zero-order valence-electron chi connectivity index (χ0n) is 9.70. The van der Waals surface area contributed by atoms with Crippen molar-refractivity contribution in [2.75, 3.05) is 5.73 Å². The van der Waals surface area contributed by atoms with Crippen molar-refractivity contribution in [2.45, 2.75) is 10.6 Å². The molecule has 100 valence electrons. The minimum Gasteiger partial charge on any atom is -0.398 e. The Morgan fingerprint density at radius 2 is 1.68 bits per heavy atom. The molecule has 0 heterocycles. The van der Waals surface area contributed by atoms with Gasteiger partial charge in [0.05, 0.1) is 31.5 Å². The first-order valence-electron chi connectivity index (χ1n) is 5.36. The molecule has 0 bridgehead atoms. The molecule has 0 fully saturated rings. The molecule has 0 amide bonds. The zero-order valence-corrected chi connectivity index (χ0v) is 12.0. The number of rotatable bonds is 3. The average molecular weight is 318 g/mol. The average Bonchev–Trinajstić information content (AvgIpc) is 2.34. The number of nitrogens with two attached hydrogens (primary N) is 1. The molecule has 1 unspecified atom stereocenters. The van der Waals surface area contributed by atoms with E-state index in [1.807, 2.05) is 0 Å².